The molecular weight excluding hydrogens is 457 g/mol. The van der Waals surface area contributed by atoms with Gasteiger partial charge in [-0.2, -0.15) is 13.2 Å². The van der Waals surface area contributed by atoms with Crippen LogP contribution in [0, 0.1) is 11.8 Å². The fraction of sp³-hybridized carbons (Fsp3) is 0.542. The van der Waals surface area contributed by atoms with Crippen molar-refractivity contribution in [3.8, 4) is 0 Å². The SMILES string of the molecule is O=C(NCCCCl)OC[C@H]1CC[C@@H]2[C@H](O1)c1cc(C(F)(F)F)ccc1N[C@H]2C1C=CC=CC1. The first-order chi connectivity index (χ1) is 15.9. The Morgan fingerprint density at radius 3 is 2.85 bits per heavy atom. The summed E-state index contributed by atoms with van der Waals surface area (Å²) in [6.07, 6.45) is 5.31. The van der Waals surface area contributed by atoms with Gasteiger partial charge in [-0.15, -0.1) is 11.6 Å². The van der Waals surface area contributed by atoms with E-state index in [2.05, 4.69) is 22.8 Å². The summed E-state index contributed by atoms with van der Waals surface area (Å²) in [5.74, 6) is 0.674. The third kappa shape index (κ3) is 5.66. The van der Waals surface area contributed by atoms with Crippen molar-refractivity contribution >= 4 is 23.4 Å². The van der Waals surface area contributed by atoms with Crippen molar-refractivity contribution in [2.75, 3.05) is 24.3 Å². The van der Waals surface area contributed by atoms with Crippen LogP contribution in [0.25, 0.3) is 0 Å². The summed E-state index contributed by atoms with van der Waals surface area (Å²) >= 11 is 5.60. The van der Waals surface area contributed by atoms with E-state index in [1.807, 2.05) is 12.2 Å². The molecule has 0 saturated carbocycles. The number of amides is 1. The van der Waals surface area contributed by atoms with Gasteiger partial charge in [0.25, 0.3) is 0 Å². The number of fused-ring (bicyclic) bond motifs is 3. The van der Waals surface area contributed by atoms with Gasteiger partial charge in [-0.05, 0) is 43.9 Å². The summed E-state index contributed by atoms with van der Waals surface area (Å²) in [5, 5.41) is 6.12. The van der Waals surface area contributed by atoms with Crippen molar-refractivity contribution in [2.45, 2.75) is 50.1 Å². The van der Waals surface area contributed by atoms with Crippen LogP contribution in [0.15, 0.2) is 42.5 Å². The number of carbonyl (C=O) groups excluding carboxylic acids is 1. The van der Waals surface area contributed by atoms with E-state index in [4.69, 9.17) is 21.1 Å². The topological polar surface area (TPSA) is 59.6 Å². The first kappa shape index (κ1) is 24.0. The molecule has 33 heavy (non-hydrogen) atoms. The summed E-state index contributed by atoms with van der Waals surface area (Å²) in [6.45, 7) is 0.469. The second-order valence-electron chi connectivity index (χ2n) is 8.67. The van der Waals surface area contributed by atoms with Crippen LogP contribution in [-0.2, 0) is 15.7 Å². The molecule has 180 valence electrons. The Bertz CT molecular complexity index is 905. The molecule has 1 fully saturated rings. The number of nitrogens with one attached hydrogen (secondary N) is 2. The Balaban J connectivity index is 1.52. The molecular formula is C24H28ClF3N2O3. The average molecular weight is 485 g/mol. The monoisotopic (exact) mass is 484 g/mol. The molecule has 0 bridgehead atoms. The molecule has 5 nitrogen and oxygen atoms in total. The third-order valence-corrected chi connectivity index (χ3v) is 6.74. The maximum Gasteiger partial charge on any atom is 0.416 e. The highest BCUT2D eigenvalue weighted by atomic mass is 35.5. The normalized spacial score (nSPS) is 28.4. The van der Waals surface area contributed by atoms with E-state index in [1.54, 1.807) is 0 Å². The molecule has 0 spiro atoms. The highest BCUT2D eigenvalue weighted by molar-refractivity contribution is 6.17. The van der Waals surface area contributed by atoms with Crippen LogP contribution in [-0.4, -0.2) is 37.3 Å². The maximum atomic E-state index is 13.4. The number of rotatable bonds is 6. The molecule has 2 N–H and O–H groups in total. The quantitative estimate of drug-likeness (QED) is 0.394. The molecule has 2 heterocycles. The minimum Gasteiger partial charge on any atom is -0.447 e. The molecule has 4 rings (SSSR count). The largest absolute Gasteiger partial charge is 0.447 e. The van der Waals surface area contributed by atoms with Crippen molar-refractivity contribution in [3.05, 3.63) is 53.6 Å². The van der Waals surface area contributed by atoms with E-state index >= 15 is 0 Å². The van der Waals surface area contributed by atoms with E-state index in [9.17, 15) is 18.0 Å². The summed E-state index contributed by atoms with van der Waals surface area (Å²) in [6, 6.07) is 3.84. The minimum absolute atomic E-state index is 0.0101. The van der Waals surface area contributed by atoms with Crippen LogP contribution in [0.1, 0.15) is 42.9 Å². The van der Waals surface area contributed by atoms with E-state index < -0.39 is 23.9 Å². The lowest BCUT2D eigenvalue weighted by molar-refractivity contribution is -0.138. The number of alkyl carbamates (subject to hydrolysis) is 1. The Morgan fingerprint density at radius 2 is 2.12 bits per heavy atom. The Morgan fingerprint density at radius 1 is 1.27 bits per heavy atom. The highest BCUT2D eigenvalue weighted by Gasteiger charge is 2.45. The fourth-order valence-corrected chi connectivity index (χ4v) is 4.99. The number of hydrogen-bond acceptors (Lipinski definition) is 4. The van der Waals surface area contributed by atoms with E-state index in [0.717, 1.165) is 18.9 Å². The van der Waals surface area contributed by atoms with Crippen LogP contribution in [0.5, 0.6) is 0 Å². The Kier molecular flexibility index (Phi) is 7.54. The molecule has 0 radical (unpaired) electrons. The van der Waals surface area contributed by atoms with E-state index in [0.29, 0.717) is 36.5 Å². The van der Waals surface area contributed by atoms with Gasteiger partial charge in [-0.25, -0.2) is 4.79 Å². The molecule has 3 aliphatic rings. The lowest BCUT2D eigenvalue weighted by Crippen LogP contribution is -2.47. The van der Waals surface area contributed by atoms with Crippen molar-refractivity contribution in [1.82, 2.24) is 5.32 Å². The summed E-state index contributed by atoms with van der Waals surface area (Å²) in [4.78, 5) is 11.9. The fourth-order valence-electron chi connectivity index (χ4n) is 4.86. The number of carbonyl (C=O) groups is 1. The Hall–Kier alpha value is -2.19. The van der Waals surface area contributed by atoms with Gasteiger partial charge in [-0.1, -0.05) is 24.3 Å². The standard InChI is InChI=1S/C24H28ClF3N2O3/c25-11-4-12-29-23(31)32-14-17-8-9-18-21(15-5-2-1-3-6-15)30-20-10-7-16(24(26,27)28)13-19(20)22(18)33-17/h1-3,5,7,10,13,15,17-18,21-22,30H,4,6,8-9,11-12,14H2,(H,29,31)/t15?,17-,18+,21+,22+/m1/s1. The predicted octanol–water partition coefficient (Wildman–Crippen LogP) is 5.82. The molecule has 2 aliphatic heterocycles. The number of allylic oxidation sites excluding steroid dienone is 3. The van der Waals surface area contributed by atoms with Crippen molar-refractivity contribution in [2.24, 2.45) is 11.8 Å². The molecule has 1 aliphatic carbocycles. The van der Waals surface area contributed by atoms with Crippen molar-refractivity contribution < 1.29 is 27.4 Å². The first-order valence-electron chi connectivity index (χ1n) is 11.3. The van der Waals surface area contributed by atoms with Gasteiger partial charge in [0.05, 0.1) is 17.8 Å². The highest BCUT2D eigenvalue weighted by Crippen LogP contribution is 2.49. The minimum atomic E-state index is -4.43. The molecule has 0 aromatic heterocycles. The molecule has 1 aromatic carbocycles. The van der Waals surface area contributed by atoms with Gasteiger partial charge >= 0.3 is 12.3 Å². The van der Waals surface area contributed by atoms with Crippen LogP contribution in [0.4, 0.5) is 23.7 Å². The van der Waals surface area contributed by atoms with Crippen LogP contribution >= 0.6 is 11.6 Å². The summed E-state index contributed by atoms with van der Waals surface area (Å²) in [7, 11) is 0. The lowest BCUT2D eigenvalue weighted by Gasteiger charge is -2.47. The second-order valence-corrected chi connectivity index (χ2v) is 9.05. The number of ether oxygens (including phenoxy) is 2. The molecule has 9 heteroatoms. The summed E-state index contributed by atoms with van der Waals surface area (Å²) < 4.78 is 51.8. The van der Waals surface area contributed by atoms with Gasteiger partial charge in [0.2, 0.25) is 0 Å². The van der Waals surface area contributed by atoms with Crippen LogP contribution in [0.2, 0.25) is 0 Å². The molecule has 1 saturated heterocycles. The van der Waals surface area contributed by atoms with Gasteiger partial charge in [-0.3, -0.25) is 0 Å². The van der Waals surface area contributed by atoms with Gasteiger partial charge < -0.3 is 20.1 Å². The average Bonchev–Trinajstić information content (AvgIpc) is 2.82. The first-order valence-corrected chi connectivity index (χ1v) is 11.8. The van der Waals surface area contributed by atoms with Gasteiger partial charge in [0.1, 0.15) is 6.61 Å². The maximum absolute atomic E-state index is 13.4. The van der Waals surface area contributed by atoms with E-state index in [-0.39, 0.29) is 30.6 Å². The van der Waals surface area contributed by atoms with Crippen LogP contribution < -0.4 is 10.6 Å². The Labute approximate surface area is 196 Å². The second kappa shape index (κ2) is 10.4. The van der Waals surface area contributed by atoms with E-state index in [1.165, 1.54) is 12.1 Å². The molecule has 1 unspecified atom stereocenters. The zero-order valence-corrected chi connectivity index (χ0v) is 18.9. The molecule has 1 aromatic rings. The van der Waals surface area contributed by atoms with Crippen molar-refractivity contribution in [3.63, 3.8) is 0 Å². The number of alkyl halides is 4. The number of anilines is 1. The number of hydrogen-bond donors (Lipinski definition) is 2. The van der Waals surface area contributed by atoms with Gasteiger partial charge in [0.15, 0.2) is 0 Å². The summed E-state index contributed by atoms with van der Waals surface area (Å²) in [5.41, 5.74) is 0.483. The number of benzene rings is 1. The van der Waals surface area contributed by atoms with Crippen LogP contribution in [0.3, 0.4) is 0 Å². The predicted molar refractivity (Wildman–Crippen MR) is 120 cm³/mol. The third-order valence-electron chi connectivity index (χ3n) is 6.47. The zero-order chi connectivity index (χ0) is 23.4. The zero-order valence-electron chi connectivity index (χ0n) is 18.1. The lowest BCUT2D eigenvalue weighted by atomic mass is 9.73. The van der Waals surface area contributed by atoms with Crippen molar-refractivity contribution in [1.29, 1.82) is 0 Å². The molecule has 5 atom stereocenters. The van der Waals surface area contributed by atoms with Gasteiger partial charge in [0, 0.05) is 41.6 Å². The number of halogens is 4. The molecule has 1 amide bonds. The smallest absolute Gasteiger partial charge is 0.416 e.